The summed E-state index contributed by atoms with van der Waals surface area (Å²) in [5.74, 6) is -1.28. The number of rotatable bonds is 13. The molecule has 188 valence electrons. The predicted octanol–water partition coefficient (Wildman–Crippen LogP) is 5.26. The molecule has 3 N–H and O–H groups in total. The second-order valence-corrected chi connectivity index (χ2v) is 11.4. The number of hydrogen-bond acceptors (Lipinski definition) is 6. The molecule has 0 aromatic carbocycles. The lowest BCUT2D eigenvalue weighted by Crippen LogP contribution is -2.54. The Morgan fingerprint density at radius 1 is 0.943 bits per heavy atom. The van der Waals surface area contributed by atoms with Gasteiger partial charge in [-0.3, -0.25) is 4.79 Å². The van der Waals surface area contributed by atoms with Crippen molar-refractivity contribution in [1.82, 2.24) is 15.5 Å². The lowest BCUT2D eigenvalue weighted by atomic mass is 10.1. The van der Waals surface area contributed by atoms with Gasteiger partial charge < -0.3 is 20.6 Å². The summed E-state index contributed by atoms with van der Waals surface area (Å²) in [5, 5.41) is 20.9. The number of aliphatic carboxylic acids is 1. The summed E-state index contributed by atoms with van der Waals surface area (Å²) in [6, 6.07) is 7.34. The average Bonchev–Trinajstić information content (AvgIpc) is 3.60. The lowest BCUT2D eigenvalue weighted by Gasteiger charge is -2.28. The number of nitrogens with zero attached hydrogens (tertiary/aromatic N) is 1. The molecule has 3 aromatic rings. The van der Waals surface area contributed by atoms with Crippen LogP contribution >= 0.6 is 34.0 Å². The Balaban J connectivity index is 1.72. The first-order valence-corrected chi connectivity index (χ1v) is 14.2. The molecule has 0 saturated heterocycles. The first-order chi connectivity index (χ1) is 16.9. The van der Waals surface area contributed by atoms with Crippen molar-refractivity contribution in [2.45, 2.75) is 64.7 Å². The van der Waals surface area contributed by atoms with E-state index >= 15 is 0 Å². The zero-order valence-corrected chi connectivity index (χ0v) is 22.3. The number of urea groups is 1. The maximum absolute atomic E-state index is 13.6. The number of hydrogen-bond donors (Lipinski definition) is 3. The Morgan fingerprint density at radius 3 is 2.06 bits per heavy atom. The van der Waals surface area contributed by atoms with Gasteiger partial charge in [-0.25, -0.2) is 9.59 Å². The van der Waals surface area contributed by atoms with Crippen LogP contribution in [0.2, 0.25) is 0 Å². The summed E-state index contributed by atoms with van der Waals surface area (Å²) in [7, 11) is 0. The van der Waals surface area contributed by atoms with Crippen LogP contribution < -0.4 is 10.6 Å². The topological polar surface area (TPSA) is 98.7 Å². The quantitative estimate of drug-likeness (QED) is 0.279. The summed E-state index contributed by atoms with van der Waals surface area (Å²) >= 11 is 4.63. The van der Waals surface area contributed by atoms with E-state index in [4.69, 9.17) is 0 Å². The van der Waals surface area contributed by atoms with E-state index in [0.29, 0.717) is 19.5 Å². The van der Waals surface area contributed by atoms with Gasteiger partial charge in [0.15, 0.2) is 0 Å². The second kappa shape index (κ2) is 13.4. The van der Waals surface area contributed by atoms with Crippen molar-refractivity contribution in [2.75, 3.05) is 0 Å². The van der Waals surface area contributed by atoms with Crippen LogP contribution in [0.25, 0.3) is 0 Å². The van der Waals surface area contributed by atoms with Crippen LogP contribution in [-0.2, 0) is 29.1 Å². The highest BCUT2D eigenvalue weighted by molar-refractivity contribution is 7.10. The minimum Gasteiger partial charge on any atom is -0.480 e. The van der Waals surface area contributed by atoms with Crippen molar-refractivity contribution in [3.8, 4) is 0 Å². The highest BCUT2D eigenvalue weighted by atomic mass is 32.1. The van der Waals surface area contributed by atoms with E-state index in [1.165, 1.54) is 11.3 Å². The van der Waals surface area contributed by atoms with Crippen molar-refractivity contribution >= 4 is 51.9 Å². The molecule has 0 bridgehead atoms. The smallest absolute Gasteiger partial charge is 0.326 e. The summed E-state index contributed by atoms with van der Waals surface area (Å²) in [6.45, 7) is 4.85. The monoisotopic (exact) mass is 533 g/mol. The maximum atomic E-state index is 13.6. The van der Waals surface area contributed by atoms with Crippen molar-refractivity contribution in [1.29, 1.82) is 0 Å². The molecule has 3 rings (SSSR count). The number of unbranched alkanes of at least 4 members (excludes halogenated alkanes) is 1. The van der Waals surface area contributed by atoms with E-state index in [-0.39, 0.29) is 12.3 Å². The zero-order chi connectivity index (χ0) is 25.2. The molecule has 0 spiro atoms. The van der Waals surface area contributed by atoms with Crippen LogP contribution in [0.15, 0.2) is 46.5 Å². The minimum absolute atomic E-state index is 0.170. The molecule has 1 unspecified atom stereocenters. The Bertz CT molecular complexity index is 1040. The van der Waals surface area contributed by atoms with Crippen LogP contribution in [0, 0.1) is 6.92 Å². The van der Waals surface area contributed by atoms with Gasteiger partial charge in [-0.1, -0.05) is 31.9 Å². The molecule has 3 aromatic heterocycles. The van der Waals surface area contributed by atoms with Gasteiger partial charge in [-0.15, -0.1) is 34.0 Å². The third kappa shape index (κ3) is 8.19. The summed E-state index contributed by atoms with van der Waals surface area (Å²) in [6.07, 6.45) is 2.32. The Labute approximate surface area is 217 Å². The summed E-state index contributed by atoms with van der Waals surface area (Å²) in [5.41, 5.74) is 0.997. The van der Waals surface area contributed by atoms with Gasteiger partial charge in [0.05, 0.1) is 13.1 Å². The number of carboxylic acid groups (broad SMARTS) is 1. The highest BCUT2D eigenvalue weighted by Gasteiger charge is 2.28. The number of nitrogens with one attached hydrogen (secondary N) is 2. The van der Waals surface area contributed by atoms with Gasteiger partial charge in [-0.05, 0) is 53.2 Å². The first kappa shape index (κ1) is 26.9. The molecule has 3 amide bonds. The summed E-state index contributed by atoms with van der Waals surface area (Å²) < 4.78 is 0. The molecule has 2 atom stereocenters. The van der Waals surface area contributed by atoms with E-state index in [1.54, 1.807) is 27.6 Å². The SMILES string of the molecule is CCCC[C@H](NC(=O)NC(Cc1sccc1C)C(=O)O)C(=O)N(Cc1cccs1)Cc1cccs1. The van der Waals surface area contributed by atoms with Crippen LogP contribution in [0.4, 0.5) is 4.79 Å². The van der Waals surface area contributed by atoms with E-state index < -0.39 is 24.1 Å². The van der Waals surface area contributed by atoms with Crippen LogP contribution in [-0.4, -0.2) is 40.0 Å². The van der Waals surface area contributed by atoms with E-state index in [9.17, 15) is 19.5 Å². The molecular weight excluding hydrogens is 502 g/mol. The number of amides is 3. The maximum Gasteiger partial charge on any atom is 0.326 e. The molecule has 7 nitrogen and oxygen atoms in total. The number of carboxylic acids is 1. The highest BCUT2D eigenvalue weighted by Crippen LogP contribution is 2.20. The molecule has 10 heteroatoms. The van der Waals surface area contributed by atoms with Gasteiger partial charge >= 0.3 is 12.0 Å². The van der Waals surface area contributed by atoms with Crippen molar-refractivity contribution in [3.05, 3.63) is 66.7 Å². The minimum atomic E-state index is -1.11. The zero-order valence-electron chi connectivity index (χ0n) is 19.9. The van der Waals surface area contributed by atoms with Gasteiger partial charge in [0, 0.05) is 21.1 Å². The third-order valence-electron chi connectivity index (χ3n) is 5.58. The van der Waals surface area contributed by atoms with Crippen LogP contribution in [0.1, 0.15) is 46.4 Å². The van der Waals surface area contributed by atoms with Gasteiger partial charge in [-0.2, -0.15) is 0 Å². The molecule has 35 heavy (non-hydrogen) atoms. The first-order valence-electron chi connectivity index (χ1n) is 11.5. The van der Waals surface area contributed by atoms with Crippen molar-refractivity contribution < 1.29 is 19.5 Å². The number of aryl methyl sites for hydroxylation is 1. The number of thiophene rings is 3. The Kier molecular flexibility index (Phi) is 10.3. The molecule has 0 fully saturated rings. The molecule has 0 saturated carbocycles. The molecule has 3 heterocycles. The number of carbonyl (C=O) groups excluding carboxylic acids is 2. The van der Waals surface area contributed by atoms with E-state index in [2.05, 4.69) is 10.6 Å². The molecule has 0 radical (unpaired) electrons. The van der Waals surface area contributed by atoms with E-state index in [0.717, 1.165) is 33.0 Å². The predicted molar refractivity (Wildman–Crippen MR) is 142 cm³/mol. The standard InChI is InChI=1S/C25H31N3O4S3/c1-3-4-9-20(26-25(32)27-21(24(30)31)14-22-17(2)10-13-35-22)23(29)28(15-18-7-5-11-33-18)16-19-8-6-12-34-19/h5-8,10-13,20-21H,3-4,9,14-16H2,1-2H3,(H,30,31)(H2,26,27,32)/t20-,21?/m0/s1. The van der Waals surface area contributed by atoms with Gasteiger partial charge in [0.1, 0.15) is 12.1 Å². The second-order valence-electron chi connectivity index (χ2n) is 8.29. The Morgan fingerprint density at radius 2 is 1.57 bits per heavy atom. The largest absolute Gasteiger partial charge is 0.480 e. The normalized spacial score (nSPS) is 12.6. The molecule has 0 aliphatic rings. The molecule has 0 aliphatic carbocycles. The molecular formula is C25H31N3O4S3. The summed E-state index contributed by atoms with van der Waals surface area (Å²) in [4.78, 5) is 43.1. The van der Waals surface area contributed by atoms with Crippen molar-refractivity contribution in [3.63, 3.8) is 0 Å². The van der Waals surface area contributed by atoms with Crippen molar-refractivity contribution in [2.24, 2.45) is 0 Å². The van der Waals surface area contributed by atoms with Crippen LogP contribution in [0.3, 0.4) is 0 Å². The third-order valence-corrected chi connectivity index (χ3v) is 8.34. The van der Waals surface area contributed by atoms with Crippen LogP contribution in [0.5, 0.6) is 0 Å². The fourth-order valence-electron chi connectivity index (χ4n) is 3.64. The lowest BCUT2D eigenvalue weighted by molar-refractivity contribution is -0.139. The van der Waals surface area contributed by atoms with Gasteiger partial charge in [0.2, 0.25) is 5.91 Å². The fourth-order valence-corrected chi connectivity index (χ4v) is 6.03. The fraction of sp³-hybridized carbons (Fsp3) is 0.400. The Hall–Kier alpha value is -2.69. The van der Waals surface area contributed by atoms with Gasteiger partial charge in [0.25, 0.3) is 0 Å². The molecule has 0 aliphatic heterocycles. The average molecular weight is 534 g/mol. The number of carbonyl (C=O) groups is 3. The van der Waals surface area contributed by atoms with E-state index in [1.807, 2.05) is 60.3 Å².